The fourth-order valence-corrected chi connectivity index (χ4v) is 1.71. The zero-order valence-electron chi connectivity index (χ0n) is 9.78. The molecule has 6 heteroatoms. The first kappa shape index (κ1) is 13.2. The van der Waals surface area contributed by atoms with E-state index in [0.29, 0.717) is 11.4 Å². The third kappa shape index (κ3) is 3.86. The van der Waals surface area contributed by atoms with Gasteiger partial charge < -0.3 is 16.4 Å². The molecule has 2 amide bonds. The summed E-state index contributed by atoms with van der Waals surface area (Å²) in [6, 6.07) is 9.93. The van der Waals surface area contributed by atoms with Crippen LogP contribution in [0, 0.1) is 5.82 Å². The summed E-state index contributed by atoms with van der Waals surface area (Å²) in [5.74, 6) is -0.518. The molecule has 2 aromatic rings. The Labute approximate surface area is 114 Å². The highest BCUT2D eigenvalue weighted by Crippen LogP contribution is 2.18. The van der Waals surface area contributed by atoms with Crippen LogP contribution in [-0.2, 0) is 0 Å². The van der Waals surface area contributed by atoms with Crippen molar-refractivity contribution in [1.29, 1.82) is 0 Å². The SMILES string of the molecule is Nc1ccc(NC(=O)Nc2cc(F)cc(Cl)c2)cc1. The summed E-state index contributed by atoms with van der Waals surface area (Å²) in [7, 11) is 0. The van der Waals surface area contributed by atoms with E-state index in [1.54, 1.807) is 24.3 Å². The summed E-state index contributed by atoms with van der Waals surface area (Å²) >= 11 is 5.69. The van der Waals surface area contributed by atoms with Gasteiger partial charge in [-0.1, -0.05) is 11.6 Å². The van der Waals surface area contributed by atoms with Crippen LogP contribution in [-0.4, -0.2) is 6.03 Å². The molecule has 0 saturated carbocycles. The fraction of sp³-hybridized carbons (Fsp3) is 0. The van der Waals surface area contributed by atoms with Crippen LogP contribution >= 0.6 is 11.6 Å². The van der Waals surface area contributed by atoms with E-state index >= 15 is 0 Å². The van der Waals surface area contributed by atoms with Gasteiger partial charge in [0.25, 0.3) is 0 Å². The molecule has 0 aliphatic rings. The van der Waals surface area contributed by atoms with Crippen molar-refractivity contribution in [2.75, 3.05) is 16.4 Å². The number of rotatable bonds is 2. The lowest BCUT2D eigenvalue weighted by molar-refractivity contribution is 0.262. The average molecular weight is 280 g/mol. The van der Waals surface area contributed by atoms with Crippen LogP contribution in [0.1, 0.15) is 0 Å². The number of nitrogens with two attached hydrogens (primary N) is 1. The minimum absolute atomic E-state index is 0.211. The van der Waals surface area contributed by atoms with E-state index in [4.69, 9.17) is 17.3 Å². The standard InChI is InChI=1S/C13H11ClFN3O/c14-8-5-9(15)7-12(6-8)18-13(19)17-11-3-1-10(16)2-4-11/h1-7H,16H2,(H2,17,18,19). The number of nitrogens with one attached hydrogen (secondary N) is 2. The van der Waals surface area contributed by atoms with Gasteiger partial charge in [0.1, 0.15) is 5.82 Å². The van der Waals surface area contributed by atoms with Crippen LogP contribution < -0.4 is 16.4 Å². The van der Waals surface area contributed by atoms with Gasteiger partial charge in [-0.05, 0) is 42.5 Å². The molecule has 2 aromatic carbocycles. The van der Waals surface area contributed by atoms with Crippen molar-refractivity contribution < 1.29 is 9.18 Å². The van der Waals surface area contributed by atoms with Crippen molar-refractivity contribution in [1.82, 2.24) is 0 Å². The molecule has 0 bridgehead atoms. The Morgan fingerprint density at radius 3 is 2.32 bits per heavy atom. The Morgan fingerprint density at radius 2 is 1.68 bits per heavy atom. The second-order valence-corrected chi connectivity index (χ2v) is 4.30. The van der Waals surface area contributed by atoms with Crippen molar-refractivity contribution in [2.45, 2.75) is 0 Å². The highest BCUT2D eigenvalue weighted by molar-refractivity contribution is 6.30. The predicted molar refractivity (Wildman–Crippen MR) is 74.9 cm³/mol. The van der Waals surface area contributed by atoms with E-state index in [1.807, 2.05) is 0 Å². The number of anilines is 3. The lowest BCUT2D eigenvalue weighted by Gasteiger charge is -2.08. The van der Waals surface area contributed by atoms with Gasteiger partial charge in [-0.3, -0.25) is 0 Å². The second-order valence-electron chi connectivity index (χ2n) is 3.86. The topological polar surface area (TPSA) is 67.1 Å². The van der Waals surface area contributed by atoms with Crippen molar-refractivity contribution in [3.63, 3.8) is 0 Å². The molecular formula is C13H11ClFN3O. The maximum Gasteiger partial charge on any atom is 0.323 e. The van der Waals surface area contributed by atoms with E-state index in [-0.39, 0.29) is 10.7 Å². The maximum absolute atomic E-state index is 13.1. The number of halogens is 2. The van der Waals surface area contributed by atoms with Crippen LogP contribution in [0.25, 0.3) is 0 Å². The van der Waals surface area contributed by atoms with Crippen LogP contribution in [0.5, 0.6) is 0 Å². The number of benzene rings is 2. The van der Waals surface area contributed by atoms with Crippen LogP contribution in [0.3, 0.4) is 0 Å². The number of carbonyl (C=O) groups is 1. The minimum atomic E-state index is -0.518. The summed E-state index contributed by atoms with van der Waals surface area (Å²) in [5.41, 5.74) is 6.98. The monoisotopic (exact) mass is 279 g/mol. The molecule has 0 spiro atoms. The molecule has 0 heterocycles. The quantitative estimate of drug-likeness (QED) is 0.734. The first-order chi connectivity index (χ1) is 9.02. The summed E-state index contributed by atoms with van der Waals surface area (Å²) in [6.45, 7) is 0. The zero-order valence-corrected chi connectivity index (χ0v) is 10.5. The number of hydrogen-bond acceptors (Lipinski definition) is 2. The lowest BCUT2D eigenvalue weighted by atomic mass is 10.3. The highest BCUT2D eigenvalue weighted by Gasteiger charge is 2.05. The number of nitrogen functional groups attached to an aromatic ring is 1. The number of hydrogen-bond donors (Lipinski definition) is 3. The van der Waals surface area contributed by atoms with Gasteiger partial charge in [0.15, 0.2) is 0 Å². The molecule has 4 N–H and O–H groups in total. The van der Waals surface area contributed by atoms with Crippen molar-refractivity contribution in [3.8, 4) is 0 Å². The molecule has 0 aliphatic heterocycles. The smallest absolute Gasteiger partial charge is 0.323 e. The third-order valence-corrected chi connectivity index (χ3v) is 2.51. The van der Waals surface area contributed by atoms with Gasteiger partial charge >= 0.3 is 6.03 Å². The Kier molecular flexibility index (Phi) is 3.87. The Balaban J connectivity index is 2.03. The normalized spacial score (nSPS) is 10.0. The zero-order chi connectivity index (χ0) is 13.8. The maximum atomic E-state index is 13.1. The van der Waals surface area contributed by atoms with E-state index in [9.17, 15) is 9.18 Å². The molecular weight excluding hydrogens is 269 g/mol. The van der Waals surface area contributed by atoms with E-state index in [0.717, 1.165) is 6.07 Å². The molecule has 0 fully saturated rings. The highest BCUT2D eigenvalue weighted by atomic mass is 35.5. The van der Waals surface area contributed by atoms with Crippen LogP contribution in [0.2, 0.25) is 5.02 Å². The van der Waals surface area contributed by atoms with Crippen LogP contribution in [0.4, 0.5) is 26.2 Å². The molecule has 19 heavy (non-hydrogen) atoms. The number of amides is 2. The van der Waals surface area contributed by atoms with Gasteiger partial charge in [-0.2, -0.15) is 0 Å². The van der Waals surface area contributed by atoms with Gasteiger partial charge in [0.2, 0.25) is 0 Å². The molecule has 98 valence electrons. The minimum Gasteiger partial charge on any atom is -0.399 e. The van der Waals surface area contributed by atoms with Gasteiger partial charge in [-0.25, -0.2) is 9.18 Å². The second kappa shape index (κ2) is 5.58. The van der Waals surface area contributed by atoms with Crippen LogP contribution in [0.15, 0.2) is 42.5 Å². The van der Waals surface area contributed by atoms with E-state index < -0.39 is 11.8 Å². The lowest BCUT2D eigenvalue weighted by Crippen LogP contribution is -2.19. The number of urea groups is 1. The summed E-state index contributed by atoms with van der Waals surface area (Å²) in [4.78, 5) is 11.7. The fourth-order valence-electron chi connectivity index (χ4n) is 1.49. The van der Waals surface area contributed by atoms with Crippen molar-refractivity contribution >= 4 is 34.7 Å². The predicted octanol–water partition coefficient (Wildman–Crippen LogP) is 3.71. The average Bonchev–Trinajstić information content (AvgIpc) is 2.30. The molecule has 0 aliphatic carbocycles. The molecule has 2 rings (SSSR count). The van der Waals surface area contributed by atoms with Gasteiger partial charge in [0.05, 0.1) is 0 Å². The Bertz CT molecular complexity index is 581. The largest absolute Gasteiger partial charge is 0.399 e. The first-order valence-electron chi connectivity index (χ1n) is 5.42. The van der Waals surface area contributed by atoms with Gasteiger partial charge in [0, 0.05) is 22.1 Å². The van der Waals surface area contributed by atoms with Crippen molar-refractivity contribution in [3.05, 3.63) is 53.3 Å². The molecule has 0 unspecified atom stereocenters. The molecule has 0 atom stereocenters. The number of carbonyl (C=O) groups excluding carboxylic acids is 1. The Hall–Kier alpha value is -2.27. The third-order valence-electron chi connectivity index (χ3n) is 2.29. The van der Waals surface area contributed by atoms with E-state index in [1.165, 1.54) is 12.1 Å². The summed E-state index contributed by atoms with van der Waals surface area (Å²) in [6.07, 6.45) is 0. The Morgan fingerprint density at radius 1 is 1.05 bits per heavy atom. The van der Waals surface area contributed by atoms with E-state index in [2.05, 4.69) is 10.6 Å². The molecule has 0 radical (unpaired) electrons. The van der Waals surface area contributed by atoms with Gasteiger partial charge in [-0.15, -0.1) is 0 Å². The molecule has 0 aromatic heterocycles. The molecule has 0 saturated heterocycles. The first-order valence-corrected chi connectivity index (χ1v) is 5.80. The van der Waals surface area contributed by atoms with Crippen molar-refractivity contribution in [2.24, 2.45) is 0 Å². The summed E-state index contributed by atoms with van der Waals surface area (Å²) in [5, 5.41) is 5.28. The molecule has 4 nitrogen and oxygen atoms in total. The summed E-state index contributed by atoms with van der Waals surface area (Å²) < 4.78 is 13.1.